The average Bonchev–Trinajstić information content (AvgIpc) is 2.26. The molecule has 0 aliphatic carbocycles. The Bertz CT molecular complexity index is 372. The van der Waals surface area contributed by atoms with E-state index in [1.807, 2.05) is 0 Å². The first-order chi connectivity index (χ1) is 8.97. The summed E-state index contributed by atoms with van der Waals surface area (Å²) in [5.74, 6) is -0.897. The Morgan fingerprint density at radius 1 is 1.00 bits per heavy atom. The van der Waals surface area contributed by atoms with Gasteiger partial charge >= 0.3 is 11.9 Å². The van der Waals surface area contributed by atoms with Crippen LogP contribution in [0.1, 0.15) is 33.1 Å². The molecule has 106 valence electrons. The molecular formula is C14H20O5. The van der Waals surface area contributed by atoms with Crippen molar-refractivity contribution in [2.45, 2.75) is 51.4 Å². The first-order valence-corrected chi connectivity index (χ1v) is 6.39. The molecule has 1 rings (SSSR count). The second-order valence-corrected chi connectivity index (χ2v) is 4.66. The van der Waals surface area contributed by atoms with Crippen LogP contribution < -0.4 is 0 Å². The number of cyclic esters (lactones) is 2. The van der Waals surface area contributed by atoms with E-state index in [4.69, 9.17) is 9.47 Å². The van der Waals surface area contributed by atoms with Crippen LogP contribution in [0.25, 0.3) is 0 Å². The van der Waals surface area contributed by atoms with Gasteiger partial charge in [-0.2, -0.15) is 0 Å². The van der Waals surface area contributed by atoms with Crippen LogP contribution in [0.2, 0.25) is 0 Å². The molecule has 1 aliphatic heterocycles. The van der Waals surface area contributed by atoms with Crippen LogP contribution in [0, 0.1) is 0 Å². The zero-order valence-electron chi connectivity index (χ0n) is 11.2. The fourth-order valence-corrected chi connectivity index (χ4v) is 1.73. The van der Waals surface area contributed by atoms with E-state index < -0.39 is 18.0 Å². The van der Waals surface area contributed by atoms with E-state index >= 15 is 0 Å². The van der Waals surface area contributed by atoms with Crippen molar-refractivity contribution < 1.29 is 24.2 Å². The van der Waals surface area contributed by atoms with Crippen LogP contribution >= 0.6 is 0 Å². The van der Waals surface area contributed by atoms with E-state index in [9.17, 15) is 14.7 Å². The lowest BCUT2D eigenvalue weighted by Crippen LogP contribution is -2.20. The van der Waals surface area contributed by atoms with Crippen molar-refractivity contribution in [2.75, 3.05) is 0 Å². The summed E-state index contributed by atoms with van der Waals surface area (Å²) in [6.45, 7) is 3.46. The zero-order valence-corrected chi connectivity index (χ0v) is 11.2. The van der Waals surface area contributed by atoms with Crippen LogP contribution in [0.4, 0.5) is 0 Å². The first kappa shape index (κ1) is 15.4. The van der Waals surface area contributed by atoms with Gasteiger partial charge in [-0.1, -0.05) is 12.2 Å². The molecule has 5 nitrogen and oxygen atoms in total. The fourth-order valence-electron chi connectivity index (χ4n) is 1.73. The van der Waals surface area contributed by atoms with Crippen molar-refractivity contribution in [1.29, 1.82) is 0 Å². The highest BCUT2D eigenvalue weighted by molar-refractivity contribution is 5.82. The van der Waals surface area contributed by atoms with Gasteiger partial charge in [0.1, 0.15) is 12.2 Å². The van der Waals surface area contributed by atoms with Gasteiger partial charge in [-0.25, -0.2) is 9.59 Å². The van der Waals surface area contributed by atoms with Crippen LogP contribution in [-0.4, -0.2) is 35.4 Å². The Labute approximate surface area is 112 Å². The minimum atomic E-state index is -0.656. The third kappa shape index (κ3) is 6.76. The molecule has 0 amide bonds. The van der Waals surface area contributed by atoms with E-state index in [1.165, 1.54) is 12.2 Å². The molecule has 5 heteroatoms. The van der Waals surface area contributed by atoms with Crippen LogP contribution in [-0.2, 0) is 19.1 Å². The normalized spacial score (nSPS) is 33.7. The average molecular weight is 268 g/mol. The number of carbonyl (C=O) groups excluding carboxylic acids is 2. The number of esters is 2. The van der Waals surface area contributed by atoms with Crippen molar-refractivity contribution in [3.8, 4) is 0 Å². The summed E-state index contributed by atoms with van der Waals surface area (Å²) in [6.07, 6.45) is 5.56. The number of hydrogen-bond donors (Lipinski definition) is 1. The Kier molecular flexibility index (Phi) is 6.29. The van der Waals surface area contributed by atoms with Gasteiger partial charge in [0.2, 0.25) is 0 Å². The molecule has 0 aromatic carbocycles. The molecule has 3 atom stereocenters. The van der Waals surface area contributed by atoms with Gasteiger partial charge in [0.25, 0.3) is 0 Å². The van der Waals surface area contributed by atoms with E-state index in [0.29, 0.717) is 19.3 Å². The van der Waals surface area contributed by atoms with Crippen molar-refractivity contribution in [3.05, 3.63) is 24.3 Å². The Morgan fingerprint density at radius 3 is 2.16 bits per heavy atom. The molecule has 0 fully saturated rings. The smallest absolute Gasteiger partial charge is 0.330 e. The van der Waals surface area contributed by atoms with Gasteiger partial charge in [-0.05, 0) is 20.3 Å². The standard InChI is InChI=1S/C14H20O5/c1-10-5-3-7-14(17)19-11(2)9-12(15)6-4-8-13(16)18-10/h3-4,7-8,10-12,15H,5-6,9H2,1-2H3/b7-3-,8-4-/t10-,11?,12+/m1/s1. The highest BCUT2D eigenvalue weighted by Crippen LogP contribution is 2.09. The third-order valence-electron chi connectivity index (χ3n) is 2.62. The van der Waals surface area contributed by atoms with E-state index in [-0.39, 0.29) is 12.2 Å². The predicted molar refractivity (Wildman–Crippen MR) is 69.2 cm³/mol. The van der Waals surface area contributed by atoms with Crippen molar-refractivity contribution in [1.82, 2.24) is 0 Å². The lowest BCUT2D eigenvalue weighted by atomic mass is 10.1. The maximum absolute atomic E-state index is 11.4. The van der Waals surface area contributed by atoms with E-state index in [2.05, 4.69) is 0 Å². The molecule has 0 spiro atoms. The predicted octanol–water partition coefficient (Wildman–Crippen LogP) is 1.51. The topological polar surface area (TPSA) is 72.8 Å². The minimum Gasteiger partial charge on any atom is -0.459 e. The number of carbonyl (C=O) groups is 2. The number of ether oxygens (including phenoxy) is 2. The summed E-state index contributed by atoms with van der Waals surface area (Å²) in [4.78, 5) is 22.8. The monoisotopic (exact) mass is 268 g/mol. The molecule has 1 unspecified atom stereocenters. The molecule has 0 aromatic heterocycles. The molecule has 0 radical (unpaired) electrons. The number of hydrogen-bond acceptors (Lipinski definition) is 5. The second-order valence-electron chi connectivity index (χ2n) is 4.66. The molecule has 1 heterocycles. The lowest BCUT2D eigenvalue weighted by Gasteiger charge is -2.16. The number of rotatable bonds is 0. The van der Waals surface area contributed by atoms with Gasteiger partial charge < -0.3 is 14.6 Å². The summed E-state index contributed by atoms with van der Waals surface area (Å²) in [7, 11) is 0. The van der Waals surface area contributed by atoms with E-state index in [0.717, 1.165) is 0 Å². The molecule has 19 heavy (non-hydrogen) atoms. The largest absolute Gasteiger partial charge is 0.459 e. The van der Waals surface area contributed by atoms with Crippen LogP contribution in [0.3, 0.4) is 0 Å². The van der Waals surface area contributed by atoms with Gasteiger partial charge in [0, 0.05) is 25.0 Å². The van der Waals surface area contributed by atoms with Gasteiger partial charge in [0.15, 0.2) is 0 Å². The van der Waals surface area contributed by atoms with E-state index in [1.54, 1.807) is 26.0 Å². The minimum absolute atomic E-state index is 0.313. The highest BCUT2D eigenvalue weighted by Gasteiger charge is 2.13. The molecule has 0 bridgehead atoms. The Balaban J connectivity index is 2.69. The van der Waals surface area contributed by atoms with Gasteiger partial charge in [-0.3, -0.25) is 0 Å². The molecular weight excluding hydrogens is 248 g/mol. The number of aliphatic hydroxyl groups excluding tert-OH is 1. The Morgan fingerprint density at radius 2 is 1.53 bits per heavy atom. The summed E-state index contributed by atoms with van der Waals surface area (Å²) in [5.41, 5.74) is 0. The highest BCUT2D eigenvalue weighted by atomic mass is 16.5. The maximum atomic E-state index is 11.4. The van der Waals surface area contributed by atoms with Crippen LogP contribution in [0.5, 0.6) is 0 Å². The maximum Gasteiger partial charge on any atom is 0.330 e. The van der Waals surface area contributed by atoms with Crippen molar-refractivity contribution in [3.63, 3.8) is 0 Å². The molecule has 1 N–H and O–H groups in total. The fraction of sp³-hybridized carbons (Fsp3) is 0.571. The van der Waals surface area contributed by atoms with Crippen molar-refractivity contribution >= 4 is 11.9 Å². The molecule has 0 saturated carbocycles. The van der Waals surface area contributed by atoms with Crippen molar-refractivity contribution in [2.24, 2.45) is 0 Å². The molecule has 0 aromatic rings. The lowest BCUT2D eigenvalue weighted by molar-refractivity contribution is -0.143. The summed E-state index contributed by atoms with van der Waals surface area (Å²) < 4.78 is 10.2. The summed E-state index contributed by atoms with van der Waals surface area (Å²) >= 11 is 0. The summed E-state index contributed by atoms with van der Waals surface area (Å²) in [5, 5.41) is 9.70. The second kappa shape index (κ2) is 7.74. The first-order valence-electron chi connectivity index (χ1n) is 6.39. The van der Waals surface area contributed by atoms with Gasteiger partial charge in [-0.15, -0.1) is 0 Å². The quantitative estimate of drug-likeness (QED) is 0.674. The summed E-state index contributed by atoms with van der Waals surface area (Å²) in [6, 6.07) is 0. The van der Waals surface area contributed by atoms with Gasteiger partial charge in [0.05, 0.1) is 6.10 Å². The zero-order chi connectivity index (χ0) is 14.3. The SMILES string of the molecule is CC1C[C@@H](O)C/C=C\C(=O)O[C@H](C)C/C=C\C(=O)O1. The Hall–Kier alpha value is -1.62. The van der Waals surface area contributed by atoms with Crippen LogP contribution in [0.15, 0.2) is 24.3 Å². The third-order valence-corrected chi connectivity index (χ3v) is 2.62. The molecule has 1 aliphatic rings. The number of aliphatic hydroxyl groups is 1. The molecule has 0 saturated heterocycles.